The van der Waals surface area contributed by atoms with E-state index in [1.807, 2.05) is 6.07 Å². The topological polar surface area (TPSA) is 101 Å². The highest BCUT2D eigenvalue weighted by Gasteiger charge is 2.19. The number of nitro benzene ring substituents is 1. The van der Waals surface area contributed by atoms with Crippen LogP contribution < -0.4 is 10.0 Å². The fourth-order valence-electron chi connectivity index (χ4n) is 2.35. The largest absolute Gasteiger partial charge is 0.354 e. The van der Waals surface area contributed by atoms with E-state index in [1.165, 1.54) is 24.3 Å². The number of para-hydroxylation sites is 1. The molecule has 0 unspecified atom stereocenters. The van der Waals surface area contributed by atoms with Gasteiger partial charge in [-0.25, -0.2) is 12.8 Å². The molecule has 3 rings (SSSR count). The van der Waals surface area contributed by atoms with Crippen LogP contribution in [0.5, 0.6) is 0 Å². The minimum absolute atomic E-state index is 0.0303. The van der Waals surface area contributed by atoms with Crippen molar-refractivity contribution in [2.24, 2.45) is 0 Å². The second kappa shape index (κ2) is 7.42. The molecule has 0 spiro atoms. The molecule has 0 fully saturated rings. The molecule has 3 aromatic rings. The van der Waals surface area contributed by atoms with Gasteiger partial charge in [-0.15, -0.1) is 0 Å². The Morgan fingerprint density at radius 3 is 2.30 bits per heavy atom. The van der Waals surface area contributed by atoms with Crippen LogP contribution in [0.2, 0.25) is 0 Å². The van der Waals surface area contributed by atoms with Crippen molar-refractivity contribution in [2.75, 3.05) is 10.0 Å². The number of hydrogen-bond donors (Lipinski definition) is 2. The first-order chi connectivity index (χ1) is 12.8. The van der Waals surface area contributed by atoms with Crippen molar-refractivity contribution in [3.8, 4) is 0 Å². The highest BCUT2D eigenvalue weighted by atomic mass is 32.2. The third-order valence-corrected chi connectivity index (χ3v) is 4.98. The van der Waals surface area contributed by atoms with Crippen LogP contribution in [-0.2, 0) is 10.0 Å². The molecule has 0 aliphatic carbocycles. The summed E-state index contributed by atoms with van der Waals surface area (Å²) in [6, 6.07) is 17.1. The maximum Gasteiger partial charge on any atom is 0.271 e. The van der Waals surface area contributed by atoms with Gasteiger partial charge in [-0.1, -0.05) is 24.3 Å². The molecule has 3 aromatic carbocycles. The van der Waals surface area contributed by atoms with Crippen LogP contribution in [-0.4, -0.2) is 13.3 Å². The smallest absolute Gasteiger partial charge is 0.271 e. The summed E-state index contributed by atoms with van der Waals surface area (Å²) >= 11 is 0. The molecule has 0 aliphatic heterocycles. The van der Waals surface area contributed by atoms with Gasteiger partial charge in [0.1, 0.15) is 5.82 Å². The predicted octanol–water partition coefficient (Wildman–Crippen LogP) is 4.28. The molecule has 0 aliphatic rings. The summed E-state index contributed by atoms with van der Waals surface area (Å²) in [5.41, 5.74) is 0.659. The van der Waals surface area contributed by atoms with E-state index >= 15 is 0 Å². The average Bonchev–Trinajstić information content (AvgIpc) is 2.63. The first kappa shape index (κ1) is 18.3. The summed E-state index contributed by atoms with van der Waals surface area (Å²) < 4.78 is 40.8. The SMILES string of the molecule is O=[N+]([O-])c1ccc(Nc2ccccc2)c(NS(=O)(=O)c2cccc(F)c2)c1. The highest BCUT2D eigenvalue weighted by Crippen LogP contribution is 2.31. The molecule has 0 radical (unpaired) electrons. The number of sulfonamides is 1. The van der Waals surface area contributed by atoms with Crippen molar-refractivity contribution in [1.29, 1.82) is 0 Å². The lowest BCUT2D eigenvalue weighted by atomic mass is 10.2. The van der Waals surface area contributed by atoms with Crippen LogP contribution in [0.4, 0.5) is 27.1 Å². The molecule has 0 atom stereocenters. The molecule has 0 saturated carbocycles. The predicted molar refractivity (Wildman–Crippen MR) is 100 cm³/mol. The van der Waals surface area contributed by atoms with Gasteiger partial charge in [-0.05, 0) is 36.4 Å². The summed E-state index contributed by atoms with van der Waals surface area (Å²) in [6.07, 6.45) is 0. The number of nitro groups is 1. The molecule has 7 nitrogen and oxygen atoms in total. The normalized spacial score (nSPS) is 11.0. The van der Waals surface area contributed by atoms with Crippen molar-refractivity contribution in [1.82, 2.24) is 0 Å². The Balaban J connectivity index is 2.01. The monoisotopic (exact) mass is 387 g/mol. The maximum atomic E-state index is 13.4. The van der Waals surface area contributed by atoms with E-state index in [0.717, 1.165) is 18.2 Å². The van der Waals surface area contributed by atoms with Crippen molar-refractivity contribution < 1.29 is 17.7 Å². The molecule has 2 N–H and O–H groups in total. The second-order valence-electron chi connectivity index (χ2n) is 5.54. The molecule has 138 valence electrons. The second-order valence-corrected chi connectivity index (χ2v) is 7.22. The van der Waals surface area contributed by atoms with Gasteiger partial charge < -0.3 is 5.32 Å². The molecule has 0 aromatic heterocycles. The molecule has 9 heteroatoms. The molecule has 0 amide bonds. The van der Waals surface area contributed by atoms with E-state index in [-0.39, 0.29) is 16.3 Å². The quantitative estimate of drug-likeness (QED) is 0.486. The zero-order valence-corrected chi connectivity index (χ0v) is 14.6. The Morgan fingerprint density at radius 2 is 1.63 bits per heavy atom. The van der Waals surface area contributed by atoms with E-state index in [2.05, 4.69) is 10.0 Å². The summed E-state index contributed by atoms with van der Waals surface area (Å²) in [5.74, 6) is -0.709. The van der Waals surface area contributed by atoms with Crippen molar-refractivity contribution in [3.63, 3.8) is 0 Å². The summed E-state index contributed by atoms with van der Waals surface area (Å²) in [5, 5.41) is 14.1. The Hall–Kier alpha value is -3.46. The third-order valence-electron chi connectivity index (χ3n) is 3.62. The van der Waals surface area contributed by atoms with E-state index in [4.69, 9.17) is 0 Å². The standard InChI is InChI=1S/C18H14FN3O4S/c19-13-5-4-8-16(11-13)27(25,26)21-18-12-15(22(23)24)9-10-17(18)20-14-6-2-1-3-7-14/h1-12,20-21H. The van der Waals surface area contributed by atoms with Crippen LogP contribution in [0.1, 0.15) is 0 Å². The summed E-state index contributed by atoms with van der Waals surface area (Å²) in [6.45, 7) is 0. The van der Waals surface area contributed by atoms with Gasteiger partial charge in [-0.2, -0.15) is 0 Å². The minimum Gasteiger partial charge on any atom is -0.354 e. The van der Waals surface area contributed by atoms with Gasteiger partial charge in [0.15, 0.2) is 0 Å². The van der Waals surface area contributed by atoms with Crippen molar-refractivity contribution >= 4 is 32.8 Å². The Labute approximate surface area is 154 Å². The highest BCUT2D eigenvalue weighted by molar-refractivity contribution is 7.92. The zero-order valence-electron chi connectivity index (χ0n) is 13.8. The van der Waals surface area contributed by atoms with Crippen LogP contribution >= 0.6 is 0 Å². The average molecular weight is 387 g/mol. The van der Waals surface area contributed by atoms with E-state index in [0.29, 0.717) is 11.4 Å². The first-order valence-electron chi connectivity index (χ1n) is 7.74. The number of nitrogens with zero attached hydrogens (tertiary/aromatic N) is 1. The van der Waals surface area contributed by atoms with Gasteiger partial charge in [0, 0.05) is 17.8 Å². The number of nitrogens with one attached hydrogen (secondary N) is 2. The number of hydrogen-bond acceptors (Lipinski definition) is 5. The lowest BCUT2D eigenvalue weighted by Gasteiger charge is -2.14. The molecular weight excluding hydrogens is 373 g/mol. The number of halogens is 1. The third kappa shape index (κ3) is 4.39. The lowest BCUT2D eigenvalue weighted by molar-refractivity contribution is -0.384. The van der Waals surface area contributed by atoms with E-state index in [1.54, 1.807) is 24.3 Å². The van der Waals surface area contributed by atoms with Gasteiger partial charge in [0.2, 0.25) is 0 Å². The van der Waals surface area contributed by atoms with Gasteiger partial charge in [0.25, 0.3) is 15.7 Å². The summed E-state index contributed by atoms with van der Waals surface area (Å²) in [7, 11) is -4.15. The fraction of sp³-hybridized carbons (Fsp3) is 0. The van der Waals surface area contributed by atoms with Crippen LogP contribution in [0.15, 0.2) is 77.7 Å². The number of rotatable bonds is 6. The van der Waals surface area contributed by atoms with Gasteiger partial charge in [-0.3, -0.25) is 14.8 Å². The molecular formula is C18H14FN3O4S. The van der Waals surface area contributed by atoms with E-state index in [9.17, 15) is 22.9 Å². The van der Waals surface area contributed by atoms with E-state index < -0.39 is 20.8 Å². The number of benzene rings is 3. The zero-order chi connectivity index (χ0) is 19.4. The minimum atomic E-state index is -4.15. The Bertz CT molecular complexity index is 1090. The van der Waals surface area contributed by atoms with Gasteiger partial charge in [0.05, 0.1) is 21.2 Å². The Morgan fingerprint density at radius 1 is 0.889 bits per heavy atom. The summed E-state index contributed by atoms with van der Waals surface area (Å²) in [4.78, 5) is 10.1. The first-order valence-corrected chi connectivity index (χ1v) is 9.22. The lowest BCUT2D eigenvalue weighted by Crippen LogP contribution is -2.14. The fourth-order valence-corrected chi connectivity index (χ4v) is 3.46. The molecule has 27 heavy (non-hydrogen) atoms. The molecule has 0 saturated heterocycles. The Kier molecular flexibility index (Phi) is 5.04. The van der Waals surface area contributed by atoms with Crippen LogP contribution in [0.3, 0.4) is 0 Å². The maximum absolute atomic E-state index is 13.4. The molecule has 0 bridgehead atoms. The van der Waals surface area contributed by atoms with Crippen molar-refractivity contribution in [3.05, 3.63) is 88.7 Å². The number of anilines is 3. The van der Waals surface area contributed by atoms with Crippen molar-refractivity contribution in [2.45, 2.75) is 4.90 Å². The van der Waals surface area contributed by atoms with Crippen LogP contribution in [0, 0.1) is 15.9 Å². The number of non-ortho nitro benzene ring substituents is 1. The van der Waals surface area contributed by atoms with Gasteiger partial charge >= 0.3 is 0 Å². The van der Waals surface area contributed by atoms with Crippen LogP contribution in [0.25, 0.3) is 0 Å². The molecule has 0 heterocycles.